The maximum atomic E-state index is 12.5. The van der Waals surface area contributed by atoms with Crippen LogP contribution in [0.5, 0.6) is 0 Å². The third kappa shape index (κ3) is 3.49. The number of amides is 2. The van der Waals surface area contributed by atoms with Crippen LogP contribution >= 0.6 is 11.6 Å². The van der Waals surface area contributed by atoms with E-state index in [0.717, 1.165) is 16.7 Å². The van der Waals surface area contributed by atoms with Crippen LogP contribution < -0.4 is 10.4 Å². The second-order valence-corrected chi connectivity index (χ2v) is 6.22. The molecule has 2 aromatic carbocycles. The molecule has 126 valence electrons. The first-order valence-corrected chi connectivity index (χ1v) is 8.21. The first kappa shape index (κ1) is 17.0. The highest BCUT2D eigenvalue weighted by Gasteiger charge is 2.34. The van der Waals surface area contributed by atoms with Crippen LogP contribution in [0, 0.1) is 13.8 Å². The maximum absolute atomic E-state index is 12.5. The molecule has 5 heteroatoms. The van der Waals surface area contributed by atoms with Crippen LogP contribution in [0.2, 0.25) is 5.02 Å². The molecule has 4 nitrogen and oxygen atoms in total. The van der Waals surface area contributed by atoms with Gasteiger partial charge in [0.1, 0.15) is 5.57 Å². The SMILES string of the molecule is Cc1ccc(N2NC(=O)/C(=C/C=C\c3ccccc3Cl)C2=O)cc1C. The van der Waals surface area contributed by atoms with Gasteiger partial charge >= 0.3 is 0 Å². The monoisotopic (exact) mass is 352 g/mol. The Kier molecular flexibility index (Phi) is 4.72. The van der Waals surface area contributed by atoms with Gasteiger partial charge in [0.15, 0.2) is 0 Å². The Balaban J connectivity index is 1.83. The summed E-state index contributed by atoms with van der Waals surface area (Å²) in [4.78, 5) is 24.7. The molecule has 0 atom stereocenters. The van der Waals surface area contributed by atoms with Crippen molar-refractivity contribution in [3.05, 3.63) is 81.9 Å². The van der Waals surface area contributed by atoms with Crippen LogP contribution in [0.25, 0.3) is 6.08 Å². The largest absolute Gasteiger partial charge is 0.282 e. The van der Waals surface area contributed by atoms with Gasteiger partial charge in [-0.05, 0) is 54.8 Å². The fourth-order valence-corrected chi connectivity index (χ4v) is 2.68. The average Bonchev–Trinajstić information content (AvgIpc) is 2.87. The molecular weight excluding hydrogens is 336 g/mol. The first-order chi connectivity index (χ1) is 12.0. The molecule has 0 spiro atoms. The zero-order valence-electron chi connectivity index (χ0n) is 13.9. The third-order valence-corrected chi connectivity index (χ3v) is 4.43. The van der Waals surface area contributed by atoms with E-state index in [0.29, 0.717) is 10.7 Å². The van der Waals surface area contributed by atoms with Crippen molar-refractivity contribution in [2.24, 2.45) is 0 Å². The maximum Gasteiger partial charge on any atom is 0.282 e. The molecular formula is C20H17ClN2O2. The number of benzene rings is 2. The number of hydrazine groups is 1. The van der Waals surface area contributed by atoms with E-state index in [1.807, 2.05) is 50.2 Å². The van der Waals surface area contributed by atoms with Gasteiger partial charge in [-0.1, -0.05) is 48.0 Å². The smallest absolute Gasteiger partial charge is 0.267 e. The topological polar surface area (TPSA) is 49.4 Å². The minimum absolute atomic E-state index is 0.0848. The highest BCUT2D eigenvalue weighted by Crippen LogP contribution is 2.23. The van der Waals surface area contributed by atoms with Gasteiger partial charge < -0.3 is 0 Å². The summed E-state index contributed by atoms with van der Waals surface area (Å²) in [6, 6.07) is 12.9. The van der Waals surface area contributed by atoms with Crippen molar-refractivity contribution in [2.45, 2.75) is 13.8 Å². The van der Waals surface area contributed by atoms with E-state index in [2.05, 4.69) is 5.43 Å². The van der Waals surface area contributed by atoms with Crippen LogP contribution in [0.4, 0.5) is 5.69 Å². The van der Waals surface area contributed by atoms with Gasteiger partial charge in [-0.25, -0.2) is 5.01 Å². The van der Waals surface area contributed by atoms with Crippen molar-refractivity contribution in [2.75, 3.05) is 5.01 Å². The van der Waals surface area contributed by atoms with Crippen LogP contribution in [0.15, 0.2) is 60.2 Å². The second kappa shape index (κ2) is 6.95. The van der Waals surface area contributed by atoms with E-state index < -0.39 is 5.91 Å². The zero-order valence-corrected chi connectivity index (χ0v) is 14.7. The summed E-state index contributed by atoms with van der Waals surface area (Å²) in [6.07, 6.45) is 4.91. The molecule has 25 heavy (non-hydrogen) atoms. The summed E-state index contributed by atoms with van der Waals surface area (Å²) in [5.41, 5.74) is 6.31. The van der Waals surface area contributed by atoms with E-state index in [4.69, 9.17) is 11.6 Å². The van der Waals surface area contributed by atoms with E-state index in [1.54, 1.807) is 18.2 Å². The van der Waals surface area contributed by atoms with Crippen LogP contribution in [0.3, 0.4) is 0 Å². The van der Waals surface area contributed by atoms with Gasteiger partial charge in [-0.2, -0.15) is 0 Å². The van der Waals surface area contributed by atoms with Crippen LogP contribution in [0.1, 0.15) is 16.7 Å². The normalized spacial score (nSPS) is 16.1. The van der Waals surface area contributed by atoms with Crippen molar-refractivity contribution in [3.63, 3.8) is 0 Å². The Bertz CT molecular complexity index is 916. The molecule has 1 saturated heterocycles. The number of halogens is 1. The number of rotatable bonds is 3. The standard InChI is InChI=1S/C20H17ClN2O2/c1-13-10-11-16(12-14(13)2)23-20(25)17(19(24)22-23)8-5-7-15-6-3-4-9-18(15)21/h3-12H,1-2H3,(H,22,24)/b7-5-,17-8-. The van der Waals surface area contributed by atoms with Crippen molar-refractivity contribution in [1.29, 1.82) is 0 Å². The Morgan fingerprint density at radius 3 is 2.52 bits per heavy atom. The number of allylic oxidation sites excluding steroid dienone is 2. The molecule has 0 aliphatic carbocycles. The molecule has 0 aromatic heterocycles. The molecule has 2 aromatic rings. The molecule has 0 bridgehead atoms. The lowest BCUT2D eigenvalue weighted by atomic mass is 10.1. The lowest BCUT2D eigenvalue weighted by Gasteiger charge is -2.15. The van der Waals surface area contributed by atoms with Gasteiger partial charge in [0, 0.05) is 5.02 Å². The molecule has 0 saturated carbocycles. The fourth-order valence-electron chi connectivity index (χ4n) is 2.48. The number of carbonyl (C=O) groups is 2. The number of carbonyl (C=O) groups excluding carboxylic acids is 2. The summed E-state index contributed by atoms with van der Waals surface area (Å²) in [6.45, 7) is 3.96. The molecule has 1 fully saturated rings. The van der Waals surface area contributed by atoms with E-state index in [9.17, 15) is 9.59 Å². The minimum Gasteiger partial charge on any atom is -0.267 e. The molecule has 0 radical (unpaired) electrons. The van der Waals surface area contributed by atoms with E-state index in [-0.39, 0.29) is 11.5 Å². The van der Waals surface area contributed by atoms with Gasteiger partial charge in [-0.3, -0.25) is 15.0 Å². The van der Waals surface area contributed by atoms with Crippen LogP contribution in [-0.4, -0.2) is 11.8 Å². The molecule has 1 aliphatic heterocycles. The minimum atomic E-state index is -0.424. The van der Waals surface area contributed by atoms with Crippen molar-refractivity contribution >= 4 is 35.2 Å². The highest BCUT2D eigenvalue weighted by molar-refractivity contribution is 6.32. The summed E-state index contributed by atoms with van der Waals surface area (Å²) in [7, 11) is 0. The summed E-state index contributed by atoms with van der Waals surface area (Å²) in [5.74, 6) is -0.802. The average molecular weight is 353 g/mol. The Hall–Kier alpha value is -2.85. The number of aryl methyl sites for hydroxylation is 2. The molecule has 1 N–H and O–H groups in total. The Morgan fingerprint density at radius 2 is 1.80 bits per heavy atom. The lowest BCUT2D eigenvalue weighted by Crippen LogP contribution is -2.35. The molecule has 0 unspecified atom stereocenters. The number of anilines is 1. The van der Waals surface area contributed by atoms with Gasteiger partial charge in [0.2, 0.25) is 0 Å². The third-order valence-electron chi connectivity index (χ3n) is 4.08. The number of nitrogens with zero attached hydrogens (tertiary/aromatic N) is 1. The van der Waals surface area contributed by atoms with Crippen molar-refractivity contribution in [1.82, 2.24) is 5.43 Å². The molecule has 3 rings (SSSR count). The lowest BCUT2D eigenvalue weighted by molar-refractivity contribution is -0.117. The first-order valence-electron chi connectivity index (χ1n) is 7.83. The Labute approximate surface area is 151 Å². The van der Waals surface area contributed by atoms with Crippen molar-refractivity contribution < 1.29 is 9.59 Å². The summed E-state index contributed by atoms with van der Waals surface area (Å²) in [5, 5.41) is 1.88. The highest BCUT2D eigenvalue weighted by atomic mass is 35.5. The molecule has 1 heterocycles. The number of hydrogen-bond donors (Lipinski definition) is 1. The van der Waals surface area contributed by atoms with E-state index >= 15 is 0 Å². The second-order valence-electron chi connectivity index (χ2n) is 5.81. The number of hydrogen-bond acceptors (Lipinski definition) is 2. The Morgan fingerprint density at radius 1 is 1.04 bits per heavy atom. The van der Waals surface area contributed by atoms with Gasteiger partial charge in [0.05, 0.1) is 5.69 Å². The molecule has 2 amide bonds. The predicted molar refractivity (Wildman–Crippen MR) is 100 cm³/mol. The fraction of sp³-hybridized carbons (Fsp3) is 0.100. The number of nitrogens with one attached hydrogen (secondary N) is 1. The van der Waals surface area contributed by atoms with Crippen molar-refractivity contribution in [3.8, 4) is 0 Å². The predicted octanol–water partition coefficient (Wildman–Crippen LogP) is 3.97. The summed E-state index contributed by atoms with van der Waals surface area (Å²) < 4.78 is 0. The quantitative estimate of drug-likeness (QED) is 0.671. The van der Waals surface area contributed by atoms with Gasteiger partial charge in [-0.15, -0.1) is 0 Å². The zero-order chi connectivity index (χ0) is 18.0. The van der Waals surface area contributed by atoms with Crippen LogP contribution in [-0.2, 0) is 9.59 Å². The van der Waals surface area contributed by atoms with E-state index in [1.165, 1.54) is 11.1 Å². The van der Waals surface area contributed by atoms with Gasteiger partial charge in [0.25, 0.3) is 11.8 Å². The summed E-state index contributed by atoms with van der Waals surface area (Å²) >= 11 is 6.08. The molecule has 1 aliphatic rings.